The van der Waals surface area contributed by atoms with Crippen LogP contribution in [0.25, 0.3) is 0 Å². The largest absolute Gasteiger partial charge is 0.481 e. The number of esters is 1. The SMILES string of the molecule is C[C@@]12C[C@@H](OC1=O)[C@H](Br)C[C@@H]2C(=O)O. The molecular weight excluding hydrogens is 252 g/mol. The van der Waals surface area contributed by atoms with Gasteiger partial charge in [-0.15, -0.1) is 0 Å². The van der Waals surface area contributed by atoms with E-state index in [9.17, 15) is 9.59 Å². The van der Waals surface area contributed by atoms with E-state index < -0.39 is 17.3 Å². The fourth-order valence-corrected chi connectivity index (χ4v) is 2.98. The molecule has 78 valence electrons. The van der Waals surface area contributed by atoms with Gasteiger partial charge in [0.15, 0.2) is 0 Å². The summed E-state index contributed by atoms with van der Waals surface area (Å²) >= 11 is 3.36. The monoisotopic (exact) mass is 262 g/mol. The fourth-order valence-electron chi connectivity index (χ4n) is 2.31. The number of rotatable bonds is 1. The molecule has 1 N–H and O–H groups in total. The Labute approximate surface area is 89.7 Å². The Morgan fingerprint density at radius 2 is 2.36 bits per heavy atom. The third-order valence-electron chi connectivity index (χ3n) is 3.28. The smallest absolute Gasteiger partial charge is 0.313 e. The lowest BCUT2D eigenvalue weighted by molar-refractivity contribution is -0.156. The molecule has 1 saturated heterocycles. The van der Waals surface area contributed by atoms with Crippen molar-refractivity contribution in [2.75, 3.05) is 0 Å². The Morgan fingerprint density at radius 3 is 2.93 bits per heavy atom. The van der Waals surface area contributed by atoms with Crippen LogP contribution in [-0.2, 0) is 14.3 Å². The normalized spacial score (nSPS) is 46.1. The number of carbonyl (C=O) groups excluding carboxylic acids is 1. The quantitative estimate of drug-likeness (QED) is 0.570. The first kappa shape index (κ1) is 9.96. The number of carboxylic acid groups (broad SMARTS) is 1. The van der Waals surface area contributed by atoms with Crippen molar-refractivity contribution < 1.29 is 19.4 Å². The van der Waals surface area contributed by atoms with E-state index in [0.29, 0.717) is 12.8 Å². The molecule has 1 saturated carbocycles. The van der Waals surface area contributed by atoms with Gasteiger partial charge in [-0.2, -0.15) is 0 Å². The van der Waals surface area contributed by atoms with Crippen LogP contribution in [0.4, 0.5) is 0 Å². The zero-order valence-corrected chi connectivity index (χ0v) is 9.28. The van der Waals surface area contributed by atoms with Crippen LogP contribution in [0.3, 0.4) is 0 Å². The number of carbonyl (C=O) groups is 2. The summed E-state index contributed by atoms with van der Waals surface area (Å²) < 4.78 is 5.13. The number of carboxylic acids is 1. The molecule has 4 nitrogen and oxygen atoms in total. The maximum absolute atomic E-state index is 11.5. The van der Waals surface area contributed by atoms with Crippen LogP contribution in [0, 0.1) is 11.3 Å². The standard InChI is InChI=1S/C9H11BrO4/c1-9-3-6(14-8(9)13)5(10)2-4(9)7(11)12/h4-6H,2-3H2,1H3,(H,11,12)/t4-,5-,6-,9+/m1/s1. The molecule has 1 heterocycles. The number of fused-ring (bicyclic) bond motifs is 2. The van der Waals surface area contributed by atoms with Gasteiger partial charge in [0.25, 0.3) is 0 Å². The Balaban J connectivity index is 2.35. The van der Waals surface area contributed by atoms with Crippen LogP contribution in [0.15, 0.2) is 0 Å². The minimum absolute atomic E-state index is 0.0249. The molecule has 0 spiro atoms. The molecule has 0 amide bonds. The number of hydrogen-bond acceptors (Lipinski definition) is 3. The molecular formula is C9H11BrO4. The summed E-state index contributed by atoms with van der Waals surface area (Å²) in [6.07, 6.45) is 0.823. The second-order valence-electron chi connectivity index (χ2n) is 4.21. The van der Waals surface area contributed by atoms with Gasteiger partial charge in [0.1, 0.15) is 6.10 Å². The van der Waals surface area contributed by atoms with E-state index in [-0.39, 0.29) is 16.9 Å². The molecule has 2 bridgehead atoms. The van der Waals surface area contributed by atoms with E-state index in [4.69, 9.17) is 9.84 Å². The lowest BCUT2D eigenvalue weighted by Crippen LogP contribution is -2.42. The van der Waals surface area contributed by atoms with Gasteiger partial charge in [-0.3, -0.25) is 9.59 Å². The van der Waals surface area contributed by atoms with Crippen molar-refractivity contribution in [1.29, 1.82) is 0 Å². The van der Waals surface area contributed by atoms with Gasteiger partial charge in [-0.25, -0.2) is 0 Å². The van der Waals surface area contributed by atoms with E-state index in [1.54, 1.807) is 6.92 Å². The summed E-state index contributed by atoms with van der Waals surface area (Å²) in [6.45, 7) is 1.69. The number of ether oxygens (including phenoxy) is 1. The third-order valence-corrected chi connectivity index (χ3v) is 4.24. The fraction of sp³-hybridized carbons (Fsp3) is 0.778. The van der Waals surface area contributed by atoms with E-state index in [0.717, 1.165) is 0 Å². The highest BCUT2D eigenvalue weighted by Crippen LogP contribution is 2.50. The zero-order valence-electron chi connectivity index (χ0n) is 7.70. The first-order valence-electron chi connectivity index (χ1n) is 4.53. The van der Waals surface area contributed by atoms with E-state index in [2.05, 4.69) is 15.9 Å². The van der Waals surface area contributed by atoms with Gasteiger partial charge in [0.2, 0.25) is 0 Å². The molecule has 0 aromatic carbocycles. The molecule has 2 fully saturated rings. The van der Waals surface area contributed by atoms with Crippen molar-refractivity contribution in [3.8, 4) is 0 Å². The molecule has 4 atom stereocenters. The average Bonchev–Trinajstić information content (AvgIpc) is 2.34. The Kier molecular flexibility index (Phi) is 2.10. The highest BCUT2D eigenvalue weighted by molar-refractivity contribution is 9.09. The first-order valence-corrected chi connectivity index (χ1v) is 5.44. The predicted molar refractivity (Wildman–Crippen MR) is 51.1 cm³/mol. The number of halogens is 1. The second-order valence-corrected chi connectivity index (χ2v) is 5.38. The Bertz CT molecular complexity index is 303. The van der Waals surface area contributed by atoms with Crippen LogP contribution < -0.4 is 0 Å². The summed E-state index contributed by atoms with van der Waals surface area (Å²) in [5.41, 5.74) is -0.819. The van der Waals surface area contributed by atoms with Crippen LogP contribution in [0.1, 0.15) is 19.8 Å². The van der Waals surface area contributed by atoms with Crippen molar-refractivity contribution in [2.24, 2.45) is 11.3 Å². The first-order chi connectivity index (χ1) is 6.45. The molecule has 1 aliphatic carbocycles. The van der Waals surface area contributed by atoms with Gasteiger partial charge in [-0.05, 0) is 13.3 Å². The summed E-state index contributed by atoms with van der Waals surface area (Å²) in [5, 5.41) is 9.03. The number of hydrogen-bond donors (Lipinski definition) is 1. The molecule has 1 aliphatic heterocycles. The second kappa shape index (κ2) is 2.95. The average molecular weight is 263 g/mol. The van der Waals surface area contributed by atoms with Gasteiger partial charge < -0.3 is 9.84 Å². The summed E-state index contributed by atoms with van der Waals surface area (Å²) in [4.78, 5) is 22.5. The van der Waals surface area contributed by atoms with Gasteiger partial charge in [-0.1, -0.05) is 15.9 Å². The van der Waals surface area contributed by atoms with Crippen LogP contribution in [-0.4, -0.2) is 28.0 Å². The van der Waals surface area contributed by atoms with Crippen molar-refractivity contribution in [3.63, 3.8) is 0 Å². The van der Waals surface area contributed by atoms with Gasteiger partial charge in [0.05, 0.1) is 16.2 Å². The van der Waals surface area contributed by atoms with Crippen molar-refractivity contribution in [1.82, 2.24) is 0 Å². The molecule has 0 aromatic rings. The van der Waals surface area contributed by atoms with E-state index in [1.807, 2.05) is 0 Å². The van der Waals surface area contributed by atoms with E-state index >= 15 is 0 Å². The molecule has 0 radical (unpaired) electrons. The highest BCUT2D eigenvalue weighted by Gasteiger charge is 2.59. The van der Waals surface area contributed by atoms with E-state index in [1.165, 1.54) is 0 Å². The molecule has 5 heteroatoms. The van der Waals surface area contributed by atoms with Crippen LogP contribution >= 0.6 is 15.9 Å². The Hall–Kier alpha value is -0.580. The maximum Gasteiger partial charge on any atom is 0.313 e. The minimum Gasteiger partial charge on any atom is -0.481 e. The Morgan fingerprint density at radius 1 is 1.71 bits per heavy atom. The minimum atomic E-state index is -0.908. The predicted octanol–water partition coefficient (Wildman–Crippen LogP) is 1.18. The van der Waals surface area contributed by atoms with Crippen LogP contribution in [0.5, 0.6) is 0 Å². The molecule has 2 rings (SSSR count). The highest BCUT2D eigenvalue weighted by atomic mass is 79.9. The van der Waals surface area contributed by atoms with Crippen molar-refractivity contribution >= 4 is 27.9 Å². The molecule has 14 heavy (non-hydrogen) atoms. The maximum atomic E-state index is 11.5. The summed E-state index contributed by atoms with van der Waals surface area (Å²) in [5.74, 6) is -1.90. The summed E-state index contributed by atoms with van der Waals surface area (Å²) in [7, 11) is 0. The summed E-state index contributed by atoms with van der Waals surface area (Å²) in [6, 6.07) is 0. The van der Waals surface area contributed by atoms with Crippen molar-refractivity contribution in [2.45, 2.75) is 30.7 Å². The molecule has 0 unspecified atom stereocenters. The van der Waals surface area contributed by atoms with Gasteiger partial charge in [0, 0.05) is 6.42 Å². The molecule has 0 aromatic heterocycles. The lowest BCUT2D eigenvalue weighted by atomic mass is 9.68. The van der Waals surface area contributed by atoms with Crippen LogP contribution in [0.2, 0.25) is 0 Å². The van der Waals surface area contributed by atoms with Gasteiger partial charge >= 0.3 is 11.9 Å². The lowest BCUT2D eigenvalue weighted by Gasteiger charge is -2.32. The zero-order chi connectivity index (χ0) is 10.5. The number of aliphatic carboxylic acids is 1. The van der Waals surface area contributed by atoms with Crippen molar-refractivity contribution in [3.05, 3.63) is 0 Å². The molecule has 2 aliphatic rings. The third kappa shape index (κ3) is 1.18. The number of alkyl halides is 1. The topological polar surface area (TPSA) is 63.6 Å².